The second kappa shape index (κ2) is 5.01. The molecule has 1 saturated carbocycles. The Morgan fingerprint density at radius 3 is 2.87 bits per heavy atom. The Bertz CT molecular complexity index is 313. The molecule has 4 heteroatoms. The zero-order valence-electron chi connectivity index (χ0n) is 8.58. The smallest absolute Gasteiger partial charge is 0.193 e. The summed E-state index contributed by atoms with van der Waals surface area (Å²) >= 11 is 5.67. The van der Waals surface area contributed by atoms with E-state index in [-0.39, 0.29) is 12.1 Å². The van der Waals surface area contributed by atoms with Crippen molar-refractivity contribution < 1.29 is 9.52 Å². The Morgan fingerprint density at radius 2 is 2.20 bits per heavy atom. The molecule has 0 unspecified atom stereocenters. The van der Waals surface area contributed by atoms with Gasteiger partial charge in [0.2, 0.25) is 0 Å². The molecule has 0 aromatic carbocycles. The molecular formula is C11H16ClNO2. The molecule has 0 spiro atoms. The summed E-state index contributed by atoms with van der Waals surface area (Å²) < 4.78 is 5.23. The summed E-state index contributed by atoms with van der Waals surface area (Å²) in [5, 5.41) is 13.4. The summed E-state index contributed by atoms with van der Waals surface area (Å²) in [4.78, 5) is 0. The van der Waals surface area contributed by atoms with Crippen LogP contribution in [0.4, 0.5) is 0 Å². The highest BCUT2D eigenvalue weighted by Gasteiger charge is 2.22. The van der Waals surface area contributed by atoms with Crippen LogP contribution in [0.25, 0.3) is 0 Å². The monoisotopic (exact) mass is 229 g/mol. The van der Waals surface area contributed by atoms with Crippen molar-refractivity contribution in [2.24, 2.45) is 0 Å². The van der Waals surface area contributed by atoms with E-state index in [4.69, 9.17) is 16.0 Å². The first-order valence-corrected chi connectivity index (χ1v) is 5.79. The maximum Gasteiger partial charge on any atom is 0.193 e. The third kappa shape index (κ3) is 2.97. The van der Waals surface area contributed by atoms with Crippen LogP contribution in [-0.2, 0) is 6.54 Å². The van der Waals surface area contributed by atoms with Gasteiger partial charge in [0.1, 0.15) is 5.76 Å². The molecule has 3 nitrogen and oxygen atoms in total. The summed E-state index contributed by atoms with van der Waals surface area (Å²) in [6, 6.07) is 3.78. The number of hydrogen-bond acceptors (Lipinski definition) is 3. The fraction of sp³-hybridized carbons (Fsp3) is 0.636. The molecule has 0 aliphatic heterocycles. The van der Waals surface area contributed by atoms with Gasteiger partial charge in [-0.3, -0.25) is 0 Å². The van der Waals surface area contributed by atoms with Gasteiger partial charge in [0, 0.05) is 6.04 Å². The standard InChI is InChI=1S/C11H16ClNO2/c12-11-6-5-8(15-11)7-13-9-3-1-2-4-10(9)14/h5-6,9-10,13-14H,1-4,7H2/t9-,10-/m0/s1. The van der Waals surface area contributed by atoms with Gasteiger partial charge in [-0.1, -0.05) is 12.8 Å². The zero-order valence-corrected chi connectivity index (χ0v) is 9.33. The molecule has 0 saturated heterocycles. The van der Waals surface area contributed by atoms with Crippen LogP contribution in [0.5, 0.6) is 0 Å². The molecule has 0 radical (unpaired) electrons. The van der Waals surface area contributed by atoms with Crippen molar-refractivity contribution in [1.29, 1.82) is 0 Å². The molecule has 1 aromatic heterocycles. The Kier molecular flexibility index (Phi) is 3.67. The molecule has 1 fully saturated rings. The van der Waals surface area contributed by atoms with Crippen LogP contribution >= 0.6 is 11.6 Å². The number of furan rings is 1. The van der Waals surface area contributed by atoms with Crippen LogP contribution in [0.15, 0.2) is 16.5 Å². The highest BCUT2D eigenvalue weighted by Crippen LogP contribution is 2.19. The number of rotatable bonds is 3. The first-order chi connectivity index (χ1) is 7.25. The second-order valence-corrected chi connectivity index (χ2v) is 4.42. The number of aliphatic hydroxyl groups is 1. The van der Waals surface area contributed by atoms with Gasteiger partial charge in [0.05, 0.1) is 12.6 Å². The molecule has 2 N–H and O–H groups in total. The Hall–Kier alpha value is -0.510. The van der Waals surface area contributed by atoms with Crippen molar-refractivity contribution in [2.45, 2.75) is 44.4 Å². The number of aliphatic hydroxyl groups excluding tert-OH is 1. The summed E-state index contributed by atoms with van der Waals surface area (Å²) in [7, 11) is 0. The maximum absolute atomic E-state index is 9.73. The molecule has 84 valence electrons. The van der Waals surface area contributed by atoms with Gasteiger partial charge in [0.15, 0.2) is 5.22 Å². The van der Waals surface area contributed by atoms with E-state index in [1.54, 1.807) is 6.07 Å². The Morgan fingerprint density at radius 1 is 1.40 bits per heavy atom. The number of nitrogens with one attached hydrogen (secondary N) is 1. The van der Waals surface area contributed by atoms with Crippen LogP contribution in [0, 0.1) is 0 Å². The van der Waals surface area contributed by atoms with E-state index < -0.39 is 0 Å². The number of halogens is 1. The first kappa shape index (κ1) is 11.0. The van der Waals surface area contributed by atoms with Crippen LogP contribution < -0.4 is 5.32 Å². The summed E-state index contributed by atoms with van der Waals surface area (Å²) in [6.45, 7) is 0.633. The summed E-state index contributed by atoms with van der Waals surface area (Å²) in [6.07, 6.45) is 4.04. The Balaban J connectivity index is 1.81. The largest absolute Gasteiger partial charge is 0.448 e. The van der Waals surface area contributed by atoms with Gasteiger partial charge in [-0.2, -0.15) is 0 Å². The van der Waals surface area contributed by atoms with Gasteiger partial charge in [0.25, 0.3) is 0 Å². The lowest BCUT2D eigenvalue weighted by atomic mass is 9.92. The minimum Gasteiger partial charge on any atom is -0.448 e. The van der Waals surface area contributed by atoms with E-state index in [0.717, 1.165) is 25.0 Å². The number of hydrogen-bond donors (Lipinski definition) is 2. The van der Waals surface area contributed by atoms with Crippen molar-refractivity contribution in [1.82, 2.24) is 5.32 Å². The highest BCUT2D eigenvalue weighted by atomic mass is 35.5. The molecule has 1 aliphatic carbocycles. The first-order valence-electron chi connectivity index (χ1n) is 5.41. The predicted octanol–water partition coefficient (Wildman–Crippen LogP) is 2.33. The van der Waals surface area contributed by atoms with Gasteiger partial charge in [-0.25, -0.2) is 0 Å². The normalized spacial score (nSPS) is 26.8. The van der Waals surface area contributed by atoms with Gasteiger partial charge in [-0.05, 0) is 36.6 Å². The lowest BCUT2D eigenvalue weighted by Crippen LogP contribution is -2.41. The van der Waals surface area contributed by atoms with Crippen molar-refractivity contribution in [3.63, 3.8) is 0 Å². The van der Waals surface area contributed by atoms with E-state index in [1.807, 2.05) is 6.07 Å². The van der Waals surface area contributed by atoms with Crippen LogP contribution in [-0.4, -0.2) is 17.3 Å². The third-order valence-corrected chi connectivity index (χ3v) is 3.10. The zero-order chi connectivity index (χ0) is 10.7. The van der Waals surface area contributed by atoms with E-state index in [9.17, 15) is 5.11 Å². The SMILES string of the molecule is O[C@H]1CCCC[C@@H]1NCc1ccc(Cl)o1. The minimum absolute atomic E-state index is 0.197. The van der Waals surface area contributed by atoms with Crippen LogP contribution in [0.2, 0.25) is 5.22 Å². The lowest BCUT2D eigenvalue weighted by Gasteiger charge is -2.28. The summed E-state index contributed by atoms with van der Waals surface area (Å²) in [5.74, 6) is 0.817. The molecule has 0 amide bonds. The fourth-order valence-corrected chi connectivity index (χ4v) is 2.19. The van der Waals surface area contributed by atoms with E-state index >= 15 is 0 Å². The van der Waals surface area contributed by atoms with Crippen LogP contribution in [0.3, 0.4) is 0 Å². The van der Waals surface area contributed by atoms with Crippen LogP contribution in [0.1, 0.15) is 31.4 Å². The lowest BCUT2D eigenvalue weighted by molar-refractivity contribution is 0.0893. The Labute approximate surface area is 94.4 Å². The predicted molar refractivity (Wildman–Crippen MR) is 58.8 cm³/mol. The van der Waals surface area contributed by atoms with E-state index in [2.05, 4.69) is 5.32 Å². The van der Waals surface area contributed by atoms with Gasteiger partial charge in [-0.15, -0.1) is 0 Å². The quantitative estimate of drug-likeness (QED) is 0.836. The molecule has 2 rings (SSSR count). The van der Waals surface area contributed by atoms with E-state index in [0.29, 0.717) is 11.8 Å². The molecule has 0 bridgehead atoms. The maximum atomic E-state index is 9.73. The van der Waals surface area contributed by atoms with Gasteiger partial charge >= 0.3 is 0 Å². The molecule has 1 aliphatic rings. The van der Waals surface area contributed by atoms with E-state index in [1.165, 1.54) is 6.42 Å². The van der Waals surface area contributed by atoms with Gasteiger partial charge < -0.3 is 14.8 Å². The molecule has 15 heavy (non-hydrogen) atoms. The average Bonchev–Trinajstić information content (AvgIpc) is 2.63. The summed E-state index contributed by atoms with van der Waals surface area (Å²) in [5.41, 5.74) is 0. The highest BCUT2D eigenvalue weighted by molar-refractivity contribution is 6.28. The van der Waals surface area contributed by atoms with Crippen molar-refractivity contribution >= 4 is 11.6 Å². The second-order valence-electron chi connectivity index (χ2n) is 4.05. The molecular weight excluding hydrogens is 214 g/mol. The molecule has 1 aromatic rings. The molecule has 1 heterocycles. The fourth-order valence-electron chi connectivity index (χ4n) is 2.03. The molecule has 2 atom stereocenters. The minimum atomic E-state index is -0.218. The van der Waals surface area contributed by atoms with Crippen molar-refractivity contribution in [2.75, 3.05) is 0 Å². The average molecular weight is 230 g/mol. The topological polar surface area (TPSA) is 45.4 Å². The third-order valence-electron chi connectivity index (χ3n) is 2.90. The van der Waals surface area contributed by atoms with Crippen molar-refractivity contribution in [3.8, 4) is 0 Å². The van der Waals surface area contributed by atoms with Crippen molar-refractivity contribution in [3.05, 3.63) is 23.1 Å².